The average molecular weight is 167 g/mol. The predicted octanol–water partition coefficient (Wildman–Crippen LogP) is 1.68. The van der Waals surface area contributed by atoms with Crippen LogP contribution >= 0.6 is 0 Å². The fourth-order valence-corrected chi connectivity index (χ4v) is 1.47. The molecule has 0 saturated heterocycles. The van der Waals surface area contributed by atoms with Gasteiger partial charge in [-0.15, -0.1) is 0 Å². The normalized spacial score (nSPS) is 16.5. The summed E-state index contributed by atoms with van der Waals surface area (Å²) in [4.78, 5) is 2.36. The summed E-state index contributed by atoms with van der Waals surface area (Å²) in [5.41, 5.74) is 0. The molecule has 1 rings (SSSR count). The molecule has 0 radical (unpaired) electrons. The van der Waals surface area contributed by atoms with Crippen LogP contribution in [0.2, 0.25) is 0 Å². The van der Waals surface area contributed by atoms with Crippen LogP contribution in [0, 0.1) is 0 Å². The molecule has 0 N–H and O–H groups in total. The van der Waals surface area contributed by atoms with E-state index in [0.29, 0.717) is 0 Å². The van der Waals surface area contributed by atoms with Crippen LogP contribution < -0.4 is 0 Å². The molecule has 0 bridgehead atoms. The summed E-state index contributed by atoms with van der Waals surface area (Å²) in [5, 5.41) is 0. The van der Waals surface area contributed by atoms with Gasteiger partial charge in [0.15, 0.2) is 6.21 Å². The second kappa shape index (κ2) is 4.96. The Balaban J connectivity index is 2.38. The van der Waals surface area contributed by atoms with E-state index < -0.39 is 0 Å². The van der Waals surface area contributed by atoms with Crippen molar-refractivity contribution >= 4 is 6.21 Å². The Bertz CT molecular complexity index is 182. The van der Waals surface area contributed by atoms with Crippen molar-refractivity contribution in [3.8, 4) is 0 Å². The number of hydrogen-bond acceptors (Lipinski definition) is 1. The molecule has 0 fully saturated rings. The average Bonchev–Trinajstić information content (AvgIpc) is 2.06. The van der Waals surface area contributed by atoms with Crippen LogP contribution in [0.1, 0.15) is 26.7 Å². The van der Waals surface area contributed by atoms with Gasteiger partial charge in [0.05, 0.1) is 0 Å². The van der Waals surface area contributed by atoms with Crippen LogP contribution in [0.25, 0.3) is 0 Å². The SMILES string of the molecule is CCCN1C=CC=[N+](CCC)C1. The first-order valence-corrected chi connectivity index (χ1v) is 4.86. The molecule has 1 aliphatic heterocycles. The summed E-state index contributed by atoms with van der Waals surface area (Å²) in [5.74, 6) is 0. The Kier molecular flexibility index (Phi) is 3.85. The first-order valence-electron chi connectivity index (χ1n) is 4.86. The van der Waals surface area contributed by atoms with Crippen LogP contribution in [0.4, 0.5) is 0 Å². The molecule has 0 saturated carbocycles. The van der Waals surface area contributed by atoms with Crippen molar-refractivity contribution in [3.05, 3.63) is 12.3 Å². The highest BCUT2D eigenvalue weighted by Gasteiger charge is 2.09. The van der Waals surface area contributed by atoms with Gasteiger partial charge in [-0.05, 0) is 6.42 Å². The smallest absolute Gasteiger partial charge is 0.218 e. The van der Waals surface area contributed by atoms with E-state index in [9.17, 15) is 0 Å². The Morgan fingerprint density at radius 2 is 2.17 bits per heavy atom. The van der Waals surface area contributed by atoms with Gasteiger partial charge in [0.1, 0.15) is 6.54 Å². The van der Waals surface area contributed by atoms with E-state index in [1.807, 2.05) is 0 Å². The number of rotatable bonds is 4. The van der Waals surface area contributed by atoms with E-state index in [-0.39, 0.29) is 0 Å². The maximum absolute atomic E-state index is 2.36. The fourth-order valence-electron chi connectivity index (χ4n) is 1.47. The van der Waals surface area contributed by atoms with Crippen molar-refractivity contribution < 1.29 is 4.58 Å². The van der Waals surface area contributed by atoms with E-state index in [0.717, 1.165) is 6.67 Å². The van der Waals surface area contributed by atoms with Gasteiger partial charge in [0.2, 0.25) is 6.67 Å². The van der Waals surface area contributed by atoms with Crippen molar-refractivity contribution in [2.45, 2.75) is 26.7 Å². The van der Waals surface area contributed by atoms with Crippen molar-refractivity contribution in [2.75, 3.05) is 19.8 Å². The highest BCUT2D eigenvalue weighted by atomic mass is 15.2. The van der Waals surface area contributed by atoms with Crippen molar-refractivity contribution in [3.63, 3.8) is 0 Å². The molecule has 0 unspecified atom stereocenters. The summed E-state index contributed by atoms with van der Waals surface area (Å²) in [6.45, 7) is 7.85. The molecule has 0 aromatic heterocycles. The lowest BCUT2D eigenvalue weighted by molar-refractivity contribution is -0.543. The van der Waals surface area contributed by atoms with E-state index in [2.05, 4.69) is 41.8 Å². The first kappa shape index (κ1) is 9.30. The Morgan fingerprint density at radius 3 is 2.83 bits per heavy atom. The maximum atomic E-state index is 2.36. The fraction of sp³-hybridized carbons (Fsp3) is 0.700. The zero-order chi connectivity index (χ0) is 8.81. The van der Waals surface area contributed by atoms with E-state index >= 15 is 0 Å². The van der Waals surface area contributed by atoms with Gasteiger partial charge in [-0.1, -0.05) is 13.8 Å². The molecule has 1 heterocycles. The molecule has 12 heavy (non-hydrogen) atoms. The summed E-state index contributed by atoms with van der Waals surface area (Å²) in [6.07, 6.45) is 8.94. The van der Waals surface area contributed by atoms with E-state index in [4.69, 9.17) is 0 Å². The summed E-state index contributed by atoms with van der Waals surface area (Å²) in [7, 11) is 0. The summed E-state index contributed by atoms with van der Waals surface area (Å²) >= 11 is 0. The van der Waals surface area contributed by atoms with Crippen LogP contribution in [0.5, 0.6) is 0 Å². The van der Waals surface area contributed by atoms with Gasteiger partial charge in [0, 0.05) is 25.2 Å². The lowest BCUT2D eigenvalue weighted by Gasteiger charge is -2.19. The first-order chi connectivity index (χ1) is 5.86. The minimum atomic E-state index is 1.07. The van der Waals surface area contributed by atoms with Gasteiger partial charge < -0.3 is 4.90 Å². The van der Waals surface area contributed by atoms with Crippen molar-refractivity contribution in [1.29, 1.82) is 0 Å². The number of hydrogen-bond donors (Lipinski definition) is 0. The lowest BCUT2D eigenvalue weighted by Crippen LogP contribution is -2.32. The molecule has 0 aliphatic carbocycles. The van der Waals surface area contributed by atoms with E-state index in [1.165, 1.54) is 25.9 Å². The molecule has 0 aromatic rings. The summed E-state index contributed by atoms with van der Waals surface area (Å²) in [6, 6.07) is 0. The van der Waals surface area contributed by atoms with Crippen LogP contribution in [-0.4, -0.2) is 35.4 Å². The molecule has 0 aromatic carbocycles. The monoisotopic (exact) mass is 167 g/mol. The zero-order valence-corrected chi connectivity index (χ0v) is 8.16. The Hall–Kier alpha value is -0.790. The zero-order valence-electron chi connectivity index (χ0n) is 8.16. The van der Waals surface area contributed by atoms with Gasteiger partial charge >= 0.3 is 0 Å². The molecular weight excluding hydrogens is 148 g/mol. The predicted molar refractivity (Wildman–Crippen MR) is 52.5 cm³/mol. The molecule has 0 atom stereocenters. The van der Waals surface area contributed by atoms with Crippen molar-refractivity contribution in [1.82, 2.24) is 4.90 Å². The highest BCUT2D eigenvalue weighted by Crippen LogP contribution is 1.97. The minimum absolute atomic E-state index is 1.07. The molecule has 0 spiro atoms. The van der Waals surface area contributed by atoms with Crippen LogP contribution in [0.15, 0.2) is 12.3 Å². The quantitative estimate of drug-likeness (QED) is 0.577. The van der Waals surface area contributed by atoms with Gasteiger partial charge in [-0.2, -0.15) is 0 Å². The molecule has 2 nitrogen and oxygen atoms in total. The van der Waals surface area contributed by atoms with Crippen LogP contribution in [-0.2, 0) is 0 Å². The third kappa shape index (κ3) is 2.68. The van der Waals surface area contributed by atoms with Gasteiger partial charge in [-0.25, -0.2) is 4.58 Å². The van der Waals surface area contributed by atoms with Crippen LogP contribution in [0.3, 0.4) is 0 Å². The third-order valence-electron chi connectivity index (χ3n) is 1.98. The Labute approximate surface area is 75.2 Å². The minimum Gasteiger partial charge on any atom is -0.323 e. The number of allylic oxidation sites excluding steroid dienone is 1. The van der Waals surface area contributed by atoms with Crippen molar-refractivity contribution in [2.24, 2.45) is 0 Å². The van der Waals surface area contributed by atoms with E-state index in [1.54, 1.807) is 0 Å². The standard InChI is InChI=1S/C10H19N2/c1-3-6-11-8-5-9-12(10-11)7-4-2/h5,8-9H,3-4,6-7,10H2,1-2H3/q+1. The van der Waals surface area contributed by atoms with Gasteiger partial charge in [0.25, 0.3) is 0 Å². The summed E-state index contributed by atoms with van der Waals surface area (Å²) < 4.78 is 2.36. The van der Waals surface area contributed by atoms with Gasteiger partial charge in [-0.3, -0.25) is 0 Å². The molecule has 0 amide bonds. The largest absolute Gasteiger partial charge is 0.323 e. The second-order valence-electron chi connectivity index (χ2n) is 3.26. The maximum Gasteiger partial charge on any atom is 0.218 e. The molecule has 2 heteroatoms. The third-order valence-corrected chi connectivity index (χ3v) is 1.98. The molecular formula is C10H19N2+. The second-order valence-corrected chi connectivity index (χ2v) is 3.26. The number of nitrogens with zero attached hydrogens (tertiary/aromatic N) is 2. The topological polar surface area (TPSA) is 6.25 Å². The highest BCUT2D eigenvalue weighted by molar-refractivity contribution is 5.66. The molecule has 1 aliphatic rings. The lowest BCUT2D eigenvalue weighted by atomic mass is 10.4. The molecule has 68 valence electrons. The Morgan fingerprint density at radius 1 is 1.33 bits per heavy atom.